The van der Waals surface area contributed by atoms with Gasteiger partial charge in [0, 0.05) is 0 Å². The van der Waals surface area contributed by atoms with Gasteiger partial charge in [-0.05, 0) is 25.3 Å². The minimum absolute atomic E-state index is 0.584. The fraction of sp³-hybridized carbons (Fsp3) is 1.00. The highest BCUT2D eigenvalue weighted by Gasteiger charge is 2.23. The second-order valence-electron chi connectivity index (χ2n) is 5.03. The minimum atomic E-state index is -1.09. The van der Waals surface area contributed by atoms with Gasteiger partial charge in [0.15, 0.2) is 0 Å². The molecule has 0 aromatic heterocycles. The third kappa shape index (κ3) is 3.69. The molecule has 0 aliphatic carbocycles. The Bertz CT molecular complexity index is 142. The summed E-state index contributed by atoms with van der Waals surface area (Å²) in [7, 11) is -1.09. The third-order valence-corrected chi connectivity index (χ3v) is 3.49. The van der Waals surface area contributed by atoms with E-state index in [2.05, 4.69) is 36.9 Å². The highest BCUT2D eigenvalue weighted by molar-refractivity contribution is 6.73. The lowest BCUT2D eigenvalue weighted by Gasteiger charge is -2.33. The van der Waals surface area contributed by atoms with Crippen LogP contribution < -0.4 is 10.3 Å². The SMILES string of the molecule is CC1CCNC(N[Si](C)(C)C)C1. The molecule has 1 aliphatic rings. The Morgan fingerprint density at radius 2 is 2.00 bits per heavy atom. The van der Waals surface area contributed by atoms with Crippen LogP contribution in [0.15, 0.2) is 0 Å². The van der Waals surface area contributed by atoms with Crippen molar-refractivity contribution in [3.8, 4) is 0 Å². The molecule has 0 saturated carbocycles. The van der Waals surface area contributed by atoms with Crippen LogP contribution in [0, 0.1) is 5.92 Å². The molecule has 2 nitrogen and oxygen atoms in total. The van der Waals surface area contributed by atoms with E-state index in [0.29, 0.717) is 6.17 Å². The van der Waals surface area contributed by atoms with Crippen LogP contribution in [0.2, 0.25) is 19.6 Å². The fourth-order valence-electron chi connectivity index (χ4n) is 1.74. The number of hydrogen-bond donors (Lipinski definition) is 2. The van der Waals surface area contributed by atoms with Crippen LogP contribution in [-0.2, 0) is 0 Å². The molecule has 2 unspecified atom stereocenters. The Kier molecular flexibility index (Phi) is 3.32. The Morgan fingerprint density at radius 3 is 2.50 bits per heavy atom. The normalized spacial score (nSPS) is 32.0. The van der Waals surface area contributed by atoms with Gasteiger partial charge < -0.3 is 10.3 Å². The predicted octanol–water partition coefficient (Wildman–Crippen LogP) is 1.76. The molecule has 0 amide bonds. The average molecular weight is 186 g/mol. The van der Waals surface area contributed by atoms with Crippen molar-refractivity contribution >= 4 is 8.24 Å². The van der Waals surface area contributed by atoms with Gasteiger partial charge in [0.05, 0.1) is 6.17 Å². The summed E-state index contributed by atoms with van der Waals surface area (Å²) < 4.78 is 0. The number of nitrogens with one attached hydrogen (secondary N) is 2. The molecule has 0 spiro atoms. The van der Waals surface area contributed by atoms with Gasteiger partial charge in [-0.15, -0.1) is 0 Å². The molecule has 0 aromatic carbocycles. The van der Waals surface area contributed by atoms with Gasteiger partial charge in [-0.2, -0.15) is 0 Å². The van der Waals surface area contributed by atoms with Gasteiger partial charge in [0.2, 0.25) is 0 Å². The number of rotatable bonds is 2. The molecule has 1 rings (SSSR count). The molecule has 0 radical (unpaired) electrons. The fourth-order valence-corrected chi connectivity index (χ4v) is 3.01. The van der Waals surface area contributed by atoms with Crippen LogP contribution in [0.3, 0.4) is 0 Å². The monoisotopic (exact) mass is 186 g/mol. The lowest BCUT2D eigenvalue weighted by molar-refractivity contribution is 0.307. The van der Waals surface area contributed by atoms with E-state index in [0.717, 1.165) is 5.92 Å². The van der Waals surface area contributed by atoms with Crippen molar-refractivity contribution in [2.45, 2.75) is 45.6 Å². The van der Waals surface area contributed by atoms with Crippen LogP contribution in [0.5, 0.6) is 0 Å². The average Bonchev–Trinajstić information content (AvgIpc) is 1.82. The summed E-state index contributed by atoms with van der Waals surface area (Å²) in [4.78, 5) is 3.72. The van der Waals surface area contributed by atoms with Gasteiger partial charge >= 0.3 is 0 Å². The maximum Gasteiger partial charge on any atom is 0.117 e. The maximum atomic E-state index is 3.72. The summed E-state index contributed by atoms with van der Waals surface area (Å²) in [6, 6.07) is 0. The first-order chi connectivity index (χ1) is 5.47. The summed E-state index contributed by atoms with van der Waals surface area (Å²) in [6.07, 6.45) is 3.22. The van der Waals surface area contributed by atoms with Crippen LogP contribution in [0.25, 0.3) is 0 Å². The van der Waals surface area contributed by atoms with Crippen molar-refractivity contribution in [3.05, 3.63) is 0 Å². The summed E-state index contributed by atoms with van der Waals surface area (Å²) in [5.74, 6) is 0.889. The van der Waals surface area contributed by atoms with E-state index < -0.39 is 8.24 Å². The van der Waals surface area contributed by atoms with E-state index >= 15 is 0 Å². The van der Waals surface area contributed by atoms with Gasteiger partial charge in [-0.25, -0.2) is 0 Å². The van der Waals surface area contributed by atoms with Gasteiger partial charge in [0.25, 0.3) is 0 Å². The summed E-state index contributed by atoms with van der Waals surface area (Å²) in [5.41, 5.74) is 0. The zero-order chi connectivity index (χ0) is 9.19. The summed E-state index contributed by atoms with van der Waals surface area (Å²) in [6.45, 7) is 10.6. The molecular formula is C9H22N2Si. The van der Waals surface area contributed by atoms with Gasteiger partial charge in [-0.3, -0.25) is 0 Å². The van der Waals surface area contributed by atoms with Crippen molar-refractivity contribution in [3.63, 3.8) is 0 Å². The molecule has 1 fully saturated rings. The van der Waals surface area contributed by atoms with E-state index in [9.17, 15) is 0 Å². The van der Waals surface area contributed by atoms with E-state index in [-0.39, 0.29) is 0 Å². The summed E-state index contributed by atoms with van der Waals surface area (Å²) in [5, 5.41) is 3.53. The molecule has 2 N–H and O–H groups in total. The molecule has 3 heteroatoms. The van der Waals surface area contributed by atoms with Crippen molar-refractivity contribution < 1.29 is 0 Å². The topological polar surface area (TPSA) is 24.1 Å². The van der Waals surface area contributed by atoms with Crippen molar-refractivity contribution in [2.75, 3.05) is 6.54 Å². The zero-order valence-electron chi connectivity index (χ0n) is 8.78. The van der Waals surface area contributed by atoms with E-state index in [4.69, 9.17) is 0 Å². The number of hydrogen-bond acceptors (Lipinski definition) is 2. The van der Waals surface area contributed by atoms with Crippen molar-refractivity contribution in [2.24, 2.45) is 5.92 Å². The predicted molar refractivity (Wildman–Crippen MR) is 56.7 cm³/mol. The highest BCUT2D eigenvalue weighted by Crippen LogP contribution is 2.14. The summed E-state index contributed by atoms with van der Waals surface area (Å²) >= 11 is 0. The van der Waals surface area contributed by atoms with Crippen molar-refractivity contribution in [1.29, 1.82) is 0 Å². The molecule has 1 saturated heterocycles. The minimum Gasteiger partial charge on any atom is -0.323 e. The quantitative estimate of drug-likeness (QED) is 0.642. The molecular weight excluding hydrogens is 164 g/mol. The van der Waals surface area contributed by atoms with E-state index in [1.807, 2.05) is 0 Å². The first kappa shape index (κ1) is 10.2. The van der Waals surface area contributed by atoms with Crippen LogP contribution in [-0.4, -0.2) is 20.9 Å². The van der Waals surface area contributed by atoms with Gasteiger partial charge in [-0.1, -0.05) is 26.6 Å². The molecule has 2 atom stereocenters. The van der Waals surface area contributed by atoms with Gasteiger partial charge in [0.1, 0.15) is 8.24 Å². The van der Waals surface area contributed by atoms with Crippen molar-refractivity contribution in [1.82, 2.24) is 10.3 Å². The smallest absolute Gasteiger partial charge is 0.117 e. The second kappa shape index (κ2) is 3.90. The lowest BCUT2D eigenvalue weighted by Crippen LogP contribution is -2.56. The molecule has 12 heavy (non-hydrogen) atoms. The molecule has 1 heterocycles. The zero-order valence-corrected chi connectivity index (χ0v) is 9.78. The first-order valence-electron chi connectivity index (χ1n) is 4.98. The Labute approximate surface area is 77.2 Å². The largest absolute Gasteiger partial charge is 0.323 e. The van der Waals surface area contributed by atoms with Crippen LogP contribution in [0.4, 0.5) is 0 Å². The maximum absolute atomic E-state index is 3.72. The number of piperidine rings is 1. The lowest BCUT2D eigenvalue weighted by atomic mass is 9.99. The standard InChI is InChI=1S/C9H22N2Si/c1-8-5-6-10-9(7-8)11-12(2,3)4/h8-11H,5-7H2,1-4H3. The first-order valence-corrected chi connectivity index (χ1v) is 8.48. The molecule has 1 aliphatic heterocycles. The third-order valence-electron chi connectivity index (χ3n) is 2.27. The second-order valence-corrected chi connectivity index (χ2v) is 9.82. The van der Waals surface area contributed by atoms with Crippen LogP contribution in [0.1, 0.15) is 19.8 Å². The molecule has 0 bridgehead atoms. The molecule has 0 aromatic rings. The molecule has 72 valence electrons. The van der Waals surface area contributed by atoms with Crippen LogP contribution >= 0.6 is 0 Å². The Hall–Kier alpha value is 0.137. The Morgan fingerprint density at radius 1 is 1.33 bits per heavy atom. The van der Waals surface area contributed by atoms with E-state index in [1.165, 1.54) is 19.4 Å². The highest BCUT2D eigenvalue weighted by atomic mass is 28.3. The Balaban J connectivity index is 2.32. The van der Waals surface area contributed by atoms with E-state index in [1.54, 1.807) is 0 Å².